The van der Waals surface area contributed by atoms with Gasteiger partial charge in [-0.25, -0.2) is 0 Å². The molecule has 1 spiro atoms. The number of hydrogen-bond acceptors (Lipinski definition) is 8. The normalized spacial score (nSPS) is 24.8. The largest absolute Gasteiger partial charge is 0.468 e. The van der Waals surface area contributed by atoms with Crippen LogP contribution in [0.3, 0.4) is 0 Å². The predicted molar refractivity (Wildman–Crippen MR) is 202 cm³/mol. The number of rotatable bonds is 11. The van der Waals surface area contributed by atoms with Crippen LogP contribution in [-0.4, -0.2) is 93.8 Å². The van der Waals surface area contributed by atoms with E-state index in [1.165, 1.54) is 62.6 Å². The SMILES string of the molecule is COC(=O)C(c1cc(N2CC3(CCN(C[C@@H]4CC[C@]5(CO[Si](c6ccccc6)(c6ccccc6)C(C)(C)C)CCCN45)CC3)C2)no1)C(C)C. The number of ether oxygens (including phenoxy) is 1. The van der Waals surface area contributed by atoms with Crippen LogP contribution >= 0.6 is 0 Å². The van der Waals surface area contributed by atoms with Crippen LogP contribution in [0.4, 0.5) is 5.82 Å². The fourth-order valence-electron chi connectivity index (χ4n) is 9.98. The third-order valence-electron chi connectivity index (χ3n) is 12.7. The van der Waals surface area contributed by atoms with Crippen molar-refractivity contribution in [2.75, 3.05) is 57.9 Å². The number of nitrogens with zero attached hydrogens (tertiary/aromatic N) is 4. The van der Waals surface area contributed by atoms with Gasteiger partial charge < -0.3 is 23.5 Å². The van der Waals surface area contributed by atoms with Crippen molar-refractivity contribution in [2.24, 2.45) is 11.3 Å². The van der Waals surface area contributed by atoms with Gasteiger partial charge in [-0.1, -0.05) is 100 Å². The van der Waals surface area contributed by atoms with Gasteiger partial charge in [-0.05, 0) is 79.5 Å². The summed E-state index contributed by atoms with van der Waals surface area (Å²) in [6.07, 6.45) is 7.44. The molecule has 0 radical (unpaired) electrons. The average molecular weight is 699 g/mol. The summed E-state index contributed by atoms with van der Waals surface area (Å²) < 4.78 is 18.3. The molecule has 7 rings (SSSR count). The Hall–Kier alpha value is -2.98. The third-order valence-corrected chi connectivity index (χ3v) is 17.7. The quantitative estimate of drug-likeness (QED) is 0.177. The van der Waals surface area contributed by atoms with Gasteiger partial charge in [0.25, 0.3) is 8.32 Å². The lowest BCUT2D eigenvalue weighted by Gasteiger charge is -2.54. The molecule has 4 saturated heterocycles. The van der Waals surface area contributed by atoms with Crippen molar-refractivity contribution in [1.29, 1.82) is 0 Å². The summed E-state index contributed by atoms with van der Waals surface area (Å²) in [7, 11) is -1.15. The standard InChI is InChI=1S/C41H58N4O4Si/c1-31(2)37(38(46)47-6)35-26-36(42-49-35)44-28-40(29-44)21-24-43(25-22-40)27-32-18-20-41(19-13-23-45(32)41)30-48-50(39(3,4)5,33-14-9-7-10-15-33)34-16-11-8-12-17-34/h7-12,14-17,26,31-32,37H,13,18-25,27-30H2,1-6H3/t32-,37?,41-/m0/s1. The van der Waals surface area contributed by atoms with Gasteiger partial charge >= 0.3 is 5.97 Å². The van der Waals surface area contributed by atoms with E-state index in [1.807, 2.05) is 19.9 Å². The lowest BCUT2D eigenvalue weighted by molar-refractivity contribution is -0.144. The van der Waals surface area contributed by atoms with E-state index in [-0.39, 0.29) is 22.5 Å². The molecule has 0 aliphatic carbocycles. The molecule has 2 aromatic carbocycles. The summed E-state index contributed by atoms with van der Waals surface area (Å²) in [6, 6.07) is 24.8. The number of hydrogen-bond donors (Lipinski definition) is 0. The van der Waals surface area contributed by atoms with Gasteiger partial charge in [0.05, 0.1) is 13.7 Å². The van der Waals surface area contributed by atoms with Crippen molar-refractivity contribution in [3.8, 4) is 0 Å². The van der Waals surface area contributed by atoms with E-state index in [0.717, 1.165) is 45.1 Å². The van der Waals surface area contributed by atoms with Crippen molar-refractivity contribution >= 4 is 30.5 Å². The molecule has 3 aromatic rings. The molecule has 0 saturated carbocycles. The maximum atomic E-state index is 12.4. The Morgan fingerprint density at radius 1 is 0.960 bits per heavy atom. The van der Waals surface area contributed by atoms with E-state index in [4.69, 9.17) is 13.7 Å². The summed E-state index contributed by atoms with van der Waals surface area (Å²) in [5.74, 6) is 0.835. The number of methoxy groups -OCH3 is 1. The number of esters is 1. The summed E-state index contributed by atoms with van der Waals surface area (Å²) in [6.45, 7) is 18.7. The number of piperidine rings is 1. The van der Waals surface area contributed by atoms with Gasteiger partial charge in [0, 0.05) is 42.7 Å². The Labute approximate surface area is 300 Å². The molecule has 8 nitrogen and oxygen atoms in total. The van der Waals surface area contributed by atoms with Crippen LogP contribution in [-0.2, 0) is 14.0 Å². The van der Waals surface area contributed by atoms with Crippen molar-refractivity contribution in [3.05, 3.63) is 72.5 Å². The van der Waals surface area contributed by atoms with E-state index in [1.54, 1.807) is 0 Å². The Balaban J connectivity index is 0.974. The molecule has 50 heavy (non-hydrogen) atoms. The number of benzene rings is 2. The zero-order chi connectivity index (χ0) is 35.1. The highest BCUT2D eigenvalue weighted by Gasteiger charge is 2.55. The van der Waals surface area contributed by atoms with E-state index in [2.05, 4.69) is 101 Å². The maximum Gasteiger partial charge on any atom is 0.316 e. The maximum absolute atomic E-state index is 12.4. The molecule has 4 aliphatic rings. The summed E-state index contributed by atoms with van der Waals surface area (Å²) in [5, 5.41) is 7.09. The molecule has 4 aliphatic heterocycles. The first-order valence-electron chi connectivity index (χ1n) is 19.0. The number of fused-ring (bicyclic) bond motifs is 1. The Kier molecular flexibility index (Phi) is 9.82. The minimum Gasteiger partial charge on any atom is -0.468 e. The molecule has 0 bridgehead atoms. The number of carbonyl (C=O) groups is 1. The van der Waals surface area contributed by atoms with Gasteiger partial charge in [-0.15, -0.1) is 0 Å². The first-order valence-corrected chi connectivity index (χ1v) is 20.9. The number of aromatic nitrogens is 1. The molecule has 5 heterocycles. The topological polar surface area (TPSA) is 71.3 Å². The molecular formula is C41H58N4O4Si. The zero-order valence-electron chi connectivity index (χ0n) is 31.2. The van der Waals surface area contributed by atoms with Crippen LogP contribution in [0, 0.1) is 11.3 Å². The average Bonchev–Trinajstić information content (AvgIpc) is 3.82. The van der Waals surface area contributed by atoms with Gasteiger partial charge in [0.2, 0.25) is 0 Å². The van der Waals surface area contributed by atoms with Crippen LogP contribution in [0.1, 0.15) is 84.8 Å². The van der Waals surface area contributed by atoms with Crippen LogP contribution in [0.15, 0.2) is 71.3 Å². The summed E-state index contributed by atoms with van der Waals surface area (Å²) in [4.78, 5) is 20.3. The van der Waals surface area contributed by atoms with Crippen molar-refractivity contribution in [3.63, 3.8) is 0 Å². The second-order valence-electron chi connectivity index (χ2n) is 17.2. The van der Waals surface area contributed by atoms with E-state index >= 15 is 0 Å². The lowest BCUT2D eigenvalue weighted by atomic mass is 9.72. The second-order valence-corrected chi connectivity index (χ2v) is 21.5. The van der Waals surface area contributed by atoms with Gasteiger partial charge in [-0.3, -0.25) is 9.69 Å². The van der Waals surface area contributed by atoms with Crippen LogP contribution < -0.4 is 15.3 Å². The van der Waals surface area contributed by atoms with Crippen LogP contribution in [0.5, 0.6) is 0 Å². The molecule has 4 fully saturated rings. The Morgan fingerprint density at radius 2 is 1.60 bits per heavy atom. The molecule has 1 unspecified atom stereocenters. The number of likely N-dealkylation sites (tertiary alicyclic amines) is 1. The molecule has 9 heteroatoms. The van der Waals surface area contributed by atoms with Crippen molar-refractivity contribution in [2.45, 2.75) is 95.7 Å². The smallest absolute Gasteiger partial charge is 0.316 e. The van der Waals surface area contributed by atoms with Gasteiger partial charge in [0.1, 0.15) is 5.92 Å². The first-order chi connectivity index (χ1) is 24.0. The second kappa shape index (κ2) is 13.9. The van der Waals surface area contributed by atoms with E-state index in [9.17, 15) is 4.79 Å². The first kappa shape index (κ1) is 35.4. The highest BCUT2D eigenvalue weighted by atomic mass is 28.4. The minimum absolute atomic E-state index is 0.00974. The highest BCUT2D eigenvalue weighted by Crippen LogP contribution is 2.47. The Morgan fingerprint density at radius 3 is 2.18 bits per heavy atom. The summed E-state index contributed by atoms with van der Waals surface area (Å²) >= 11 is 0. The third kappa shape index (κ3) is 6.37. The molecule has 270 valence electrons. The zero-order valence-corrected chi connectivity index (χ0v) is 32.2. The van der Waals surface area contributed by atoms with Crippen LogP contribution in [0.2, 0.25) is 5.04 Å². The van der Waals surface area contributed by atoms with E-state index < -0.39 is 14.2 Å². The van der Waals surface area contributed by atoms with Crippen molar-refractivity contribution in [1.82, 2.24) is 15.0 Å². The molecule has 1 aromatic heterocycles. The number of anilines is 1. The summed E-state index contributed by atoms with van der Waals surface area (Å²) in [5.41, 5.74) is 0.494. The minimum atomic E-state index is -2.58. The highest BCUT2D eigenvalue weighted by molar-refractivity contribution is 6.99. The Bertz CT molecular complexity index is 1550. The molecule has 0 amide bonds. The monoisotopic (exact) mass is 698 g/mol. The number of carbonyl (C=O) groups excluding carboxylic acids is 1. The fraction of sp³-hybridized carbons (Fsp3) is 0.610. The van der Waals surface area contributed by atoms with Gasteiger partial charge in [0.15, 0.2) is 11.6 Å². The molecule has 0 N–H and O–H groups in total. The molecule has 3 atom stereocenters. The van der Waals surface area contributed by atoms with E-state index in [0.29, 0.717) is 17.2 Å². The predicted octanol–water partition coefficient (Wildman–Crippen LogP) is 6.06. The molecular weight excluding hydrogens is 641 g/mol. The fourth-order valence-corrected chi connectivity index (χ4v) is 14.6. The van der Waals surface area contributed by atoms with Crippen molar-refractivity contribution < 1.29 is 18.5 Å². The van der Waals surface area contributed by atoms with Gasteiger partial charge in [-0.2, -0.15) is 0 Å². The lowest BCUT2D eigenvalue weighted by Crippen LogP contribution is -2.68. The van der Waals surface area contributed by atoms with Crippen LogP contribution in [0.25, 0.3) is 0 Å².